The van der Waals surface area contributed by atoms with E-state index in [9.17, 15) is 4.79 Å². The van der Waals surface area contributed by atoms with E-state index < -0.39 is 0 Å². The lowest BCUT2D eigenvalue weighted by molar-refractivity contribution is -0.109. The van der Waals surface area contributed by atoms with Crippen molar-refractivity contribution >= 4 is 17.6 Å². The van der Waals surface area contributed by atoms with Gasteiger partial charge in [0.2, 0.25) is 0 Å². The maximum atomic E-state index is 10.8. The van der Waals surface area contributed by atoms with Gasteiger partial charge in [-0.15, -0.1) is 11.3 Å². The Morgan fingerprint density at radius 3 is 2.50 bits per heavy atom. The molecular weight excluding hydrogens is 168 g/mol. The summed E-state index contributed by atoms with van der Waals surface area (Å²) in [6, 6.07) is 2.07. The fourth-order valence-corrected chi connectivity index (χ4v) is 2.41. The first kappa shape index (κ1) is 9.46. The predicted molar refractivity (Wildman–Crippen MR) is 52.7 cm³/mol. The molecule has 0 saturated heterocycles. The minimum absolute atomic E-state index is 0.0880. The maximum Gasteiger partial charge on any atom is 0.128 e. The average Bonchev–Trinajstić information content (AvgIpc) is 2.38. The van der Waals surface area contributed by atoms with Crippen molar-refractivity contribution in [2.75, 3.05) is 0 Å². The van der Waals surface area contributed by atoms with Crippen molar-refractivity contribution in [3.8, 4) is 0 Å². The third-order valence-electron chi connectivity index (χ3n) is 2.07. The molecule has 1 aromatic heterocycles. The molecule has 0 aromatic carbocycles. The summed E-state index contributed by atoms with van der Waals surface area (Å²) in [7, 11) is 0. The Labute approximate surface area is 77.4 Å². The molecule has 66 valence electrons. The van der Waals surface area contributed by atoms with Crippen molar-refractivity contribution in [1.29, 1.82) is 0 Å². The number of hydrogen-bond donors (Lipinski definition) is 0. The molecule has 1 rings (SSSR count). The number of aldehydes is 1. The lowest BCUT2D eigenvalue weighted by Gasteiger charge is -2.12. The molecule has 0 N–H and O–H groups in total. The van der Waals surface area contributed by atoms with E-state index in [0.717, 1.165) is 6.29 Å². The molecule has 0 aliphatic carbocycles. The third kappa shape index (κ3) is 1.75. The van der Waals surface area contributed by atoms with E-state index in [1.807, 2.05) is 5.38 Å². The van der Waals surface area contributed by atoms with E-state index in [2.05, 4.69) is 26.8 Å². The van der Waals surface area contributed by atoms with E-state index in [1.165, 1.54) is 10.4 Å². The molecule has 0 aliphatic rings. The van der Waals surface area contributed by atoms with Gasteiger partial charge >= 0.3 is 0 Å². The largest absolute Gasteiger partial charge is 0.303 e. The van der Waals surface area contributed by atoms with E-state index in [1.54, 1.807) is 11.3 Å². The average molecular weight is 182 g/mol. The summed E-state index contributed by atoms with van der Waals surface area (Å²) in [6.45, 7) is 6.22. The van der Waals surface area contributed by atoms with Crippen LogP contribution in [0.25, 0.3) is 0 Å². The van der Waals surface area contributed by atoms with Crippen LogP contribution < -0.4 is 0 Å². The molecular formula is C10H14OS. The second-order valence-electron chi connectivity index (χ2n) is 3.37. The highest BCUT2D eigenvalue weighted by molar-refractivity contribution is 7.10. The van der Waals surface area contributed by atoms with Crippen LogP contribution in [0.15, 0.2) is 11.4 Å². The fraction of sp³-hybridized carbons (Fsp3) is 0.500. The van der Waals surface area contributed by atoms with E-state index in [0.29, 0.717) is 5.92 Å². The fourth-order valence-electron chi connectivity index (χ4n) is 1.25. The SMILES string of the molecule is Cc1ccsc1C(C=O)C(C)C. The monoisotopic (exact) mass is 182 g/mol. The Kier molecular flexibility index (Phi) is 3.04. The molecule has 0 bridgehead atoms. The quantitative estimate of drug-likeness (QED) is 0.657. The Morgan fingerprint density at radius 2 is 2.17 bits per heavy atom. The molecule has 1 aromatic rings. The topological polar surface area (TPSA) is 17.1 Å². The van der Waals surface area contributed by atoms with Crippen molar-refractivity contribution in [2.45, 2.75) is 26.7 Å². The van der Waals surface area contributed by atoms with Crippen LogP contribution in [-0.4, -0.2) is 6.29 Å². The number of thiophene rings is 1. The number of aryl methyl sites for hydroxylation is 1. The van der Waals surface area contributed by atoms with Crippen LogP contribution in [0.5, 0.6) is 0 Å². The van der Waals surface area contributed by atoms with Gasteiger partial charge in [-0.1, -0.05) is 13.8 Å². The van der Waals surface area contributed by atoms with Crippen molar-refractivity contribution < 1.29 is 4.79 Å². The van der Waals surface area contributed by atoms with E-state index in [-0.39, 0.29) is 5.92 Å². The lowest BCUT2D eigenvalue weighted by atomic mass is 9.94. The third-order valence-corrected chi connectivity index (χ3v) is 3.19. The highest BCUT2D eigenvalue weighted by atomic mass is 32.1. The normalized spacial score (nSPS) is 13.3. The van der Waals surface area contributed by atoms with Gasteiger partial charge in [0.05, 0.1) is 5.92 Å². The van der Waals surface area contributed by atoms with Crippen LogP contribution in [-0.2, 0) is 4.79 Å². The Hall–Kier alpha value is -0.630. The second kappa shape index (κ2) is 3.85. The number of hydrogen-bond acceptors (Lipinski definition) is 2. The number of rotatable bonds is 3. The summed E-state index contributed by atoms with van der Waals surface area (Å²) >= 11 is 1.68. The lowest BCUT2D eigenvalue weighted by Crippen LogP contribution is -2.07. The molecule has 0 fully saturated rings. The second-order valence-corrected chi connectivity index (χ2v) is 4.32. The minimum Gasteiger partial charge on any atom is -0.303 e. The highest BCUT2D eigenvalue weighted by Gasteiger charge is 2.17. The van der Waals surface area contributed by atoms with Crippen LogP contribution >= 0.6 is 11.3 Å². The van der Waals surface area contributed by atoms with Crippen molar-refractivity contribution in [2.24, 2.45) is 5.92 Å². The Balaban J connectivity index is 2.94. The molecule has 0 amide bonds. The van der Waals surface area contributed by atoms with Gasteiger partial charge in [-0.25, -0.2) is 0 Å². The van der Waals surface area contributed by atoms with Gasteiger partial charge in [-0.3, -0.25) is 0 Å². The number of carbonyl (C=O) groups is 1. The summed E-state index contributed by atoms with van der Waals surface area (Å²) in [5, 5.41) is 2.05. The zero-order valence-corrected chi connectivity index (χ0v) is 8.52. The molecule has 2 heteroatoms. The zero-order valence-electron chi connectivity index (χ0n) is 7.70. The van der Waals surface area contributed by atoms with Crippen molar-refractivity contribution in [3.05, 3.63) is 21.9 Å². The molecule has 1 unspecified atom stereocenters. The smallest absolute Gasteiger partial charge is 0.128 e. The summed E-state index contributed by atoms with van der Waals surface area (Å²) in [4.78, 5) is 12.0. The molecule has 0 spiro atoms. The summed E-state index contributed by atoms with van der Waals surface area (Å²) in [6.07, 6.45) is 1.06. The van der Waals surface area contributed by atoms with E-state index >= 15 is 0 Å². The van der Waals surface area contributed by atoms with Crippen LogP contribution in [0.3, 0.4) is 0 Å². The highest BCUT2D eigenvalue weighted by Crippen LogP contribution is 2.29. The molecule has 12 heavy (non-hydrogen) atoms. The molecule has 1 atom stereocenters. The Bertz CT molecular complexity index is 263. The van der Waals surface area contributed by atoms with Crippen LogP contribution in [0.1, 0.15) is 30.2 Å². The van der Waals surface area contributed by atoms with Gasteiger partial charge < -0.3 is 4.79 Å². The first-order valence-corrected chi connectivity index (χ1v) is 5.04. The van der Waals surface area contributed by atoms with Gasteiger partial charge in [0, 0.05) is 4.88 Å². The maximum absolute atomic E-state index is 10.8. The summed E-state index contributed by atoms with van der Waals surface area (Å²) in [5.74, 6) is 0.491. The van der Waals surface area contributed by atoms with Gasteiger partial charge in [-0.05, 0) is 29.9 Å². The molecule has 1 nitrogen and oxygen atoms in total. The van der Waals surface area contributed by atoms with Crippen LogP contribution in [0.4, 0.5) is 0 Å². The first-order valence-electron chi connectivity index (χ1n) is 4.16. The summed E-state index contributed by atoms with van der Waals surface area (Å²) in [5.41, 5.74) is 1.24. The van der Waals surface area contributed by atoms with Crippen molar-refractivity contribution in [1.82, 2.24) is 0 Å². The Morgan fingerprint density at radius 1 is 1.50 bits per heavy atom. The van der Waals surface area contributed by atoms with Gasteiger partial charge in [0.25, 0.3) is 0 Å². The van der Waals surface area contributed by atoms with E-state index in [4.69, 9.17) is 0 Å². The zero-order chi connectivity index (χ0) is 9.14. The summed E-state index contributed by atoms with van der Waals surface area (Å²) < 4.78 is 0. The number of carbonyl (C=O) groups excluding carboxylic acids is 1. The first-order chi connectivity index (χ1) is 5.66. The predicted octanol–water partition coefficient (Wildman–Crippen LogP) is 3.00. The van der Waals surface area contributed by atoms with Crippen LogP contribution in [0, 0.1) is 12.8 Å². The molecule has 1 heterocycles. The van der Waals surface area contributed by atoms with Crippen LogP contribution in [0.2, 0.25) is 0 Å². The molecule has 0 saturated carbocycles. The minimum atomic E-state index is 0.0880. The van der Waals surface area contributed by atoms with Crippen molar-refractivity contribution in [3.63, 3.8) is 0 Å². The van der Waals surface area contributed by atoms with Gasteiger partial charge in [-0.2, -0.15) is 0 Å². The van der Waals surface area contributed by atoms with Gasteiger partial charge in [0.15, 0.2) is 0 Å². The van der Waals surface area contributed by atoms with Gasteiger partial charge in [0.1, 0.15) is 6.29 Å². The molecule has 0 aliphatic heterocycles. The molecule has 0 radical (unpaired) electrons. The standard InChI is InChI=1S/C10H14OS/c1-7(2)9(6-11)10-8(3)4-5-12-10/h4-7,9H,1-3H3.